The lowest BCUT2D eigenvalue weighted by molar-refractivity contribution is 0.102. The quantitative estimate of drug-likeness (QED) is 0.726. The summed E-state index contributed by atoms with van der Waals surface area (Å²) < 4.78 is 0. The highest BCUT2D eigenvalue weighted by Gasteiger charge is 2.16. The van der Waals surface area contributed by atoms with Gasteiger partial charge in [-0.3, -0.25) is 4.79 Å². The summed E-state index contributed by atoms with van der Waals surface area (Å²) >= 11 is 23.4. The maximum Gasteiger partial charge on any atom is 0.258 e. The lowest BCUT2D eigenvalue weighted by atomic mass is 10.2. The molecule has 0 unspecified atom stereocenters. The third-order valence-corrected chi connectivity index (χ3v) is 3.67. The van der Waals surface area contributed by atoms with Gasteiger partial charge in [-0.1, -0.05) is 52.5 Å². The summed E-state index contributed by atoms with van der Waals surface area (Å²) in [5.74, 6) is -0.750. The first-order valence-electron chi connectivity index (χ1n) is 5.33. The van der Waals surface area contributed by atoms with Crippen molar-refractivity contribution in [2.24, 2.45) is 0 Å². The van der Waals surface area contributed by atoms with E-state index in [1.165, 1.54) is 12.1 Å². The lowest BCUT2D eigenvalue weighted by Gasteiger charge is -2.10. The van der Waals surface area contributed by atoms with E-state index in [2.05, 4.69) is 5.32 Å². The number of carbonyl (C=O) groups excluding carboxylic acids is 1. The van der Waals surface area contributed by atoms with Gasteiger partial charge in [0.05, 0.1) is 25.7 Å². The molecular weight excluding hydrogens is 344 g/mol. The summed E-state index contributed by atoms with van der Waals surface area (Å²) in [6, 6.07) is 7.48. The molecule has 0 aliphatic carbocycles. The molecule has 20 heavy (non-hydrogen) atoms. The summed E-state index contributed by atoms with van der Waals surface area (Å²) in [6.07, 6.45) is 0. The van der Waals surface area contributed by atoms with Crippen molar-refractivity contribution in [2.45, 2.75) is 0 Å². The number of hydrogen-bond donors (Lipinski definition) is 2. The topological polar surface area (TPSA) is 49.3 Å². The first-order chi connectivity index (χ1) is 9.40. The number of rotatable bonds is 2. The number of phenols is 1. The molecule has 0 heterocycles. The molecule has 0 fully saturated rings. The fraction of sp³-hybridized carbons (Fsp3) is 0. The van der Waals surface area contributed by atoms with Crippen LogP contribution < -0.4 is 5.32 Å². The molecule has 0 aliphatic heterocycles. The summed E-state index contributed by atoms with van der Waals surface area (Å²) in [4.78, 5) is 12.1. The van der Waals surface area contributed by atoms with Crippen molar-refractivity contribution < 1.29 is 9.90 Å². The number of carbonyl (C=O) groups is 1. The Balaban J connectivity index is 2.33. The van der Waals surface area contributed by atoms with Crippen molar-refractivity contribution in [3.05, 3.63) is 56.0 Å². The average Bonchev–Trinajstić information content (AvgIpc) is 2.35. The molecule has 3 nitrogen and oxygen atoms in total. The van der Waals surface area contributed by atoms with Crippen LogP contribution in [0.2, 0.25) is 20.1 Å². The van der Waals surface area contributed by atoms with E-state index in [4.69, 9.17) is 46.4 Å². The Labute approximate surface area is 135 Å². The largest absolute Gasteiger partial charge is 0.505 e. The van der Waals surface area contributed by atoms with Crippen molar-refractivity contribution >= 4 is 58.0 Å². The van der Waals surface area contributed by atoms with Gasteiger partial charge in [0.1, 0.15) is 0 Å². The first-order valence-corrected chi connectivity index (χ1v) is 6.84. The van der Waals surface area contributed by atoms with Gasteiger partial charge in [0.2, 0.25) is 0 Å². The molecule has 7 heteroatoms. The van der Waals surface area contributed by atoms with Gasteiger partial charge in [-0.05, 0) is 24.3 Å². The second-order valence-electron chi connectivity index (χ2n) is 3.84. The Morgan fingerprint density at radius 3 is 1.95 bits per heavy atom. The van der Waals surface area contributed by atoms with Crippen molar-refractivity contribution in [1.29, 1.82) is 0 Å². The molecule has 0 spiro atoms. The van der Waals surface area contributed by atoms with E-state index in [0.717, 1.165) is 0 Å². The summed E-state index contributed by atoms with van der Waals surface area (Å²) in [5.41, 5.74) is 0.468. The molecule has 2 N–H and O–H groups in total. The van der Waals surface area contributed by atoms with Gasteiger partial charge >= 0.3 is 0 Å². The van der Waals surface area contributed by atoms with E-state index in [-0.39, 0.29) is 31.4 Å². The highest BCUT2D eigenvalue weighted by Crippen LogP contribution is 2.35. The molecule has 0 saturated carbocycles. The van der Waals surface area contributed by atoms with E-state index >= 15 is 0 Å². The zero-order valence-corrected chi connectivity index (χ0v) is 12.8. The average molecular weight is 351 g/mol. The Kier molecular flexibility index (Phi) is 4.66. The molecule has 2 rings (SSSR count). The third kappa shape index (κ3) is 3.13. The van der Waals surface area contributed by atoms with Gasteiger partial charge in [-0.25, -0.2) is 0 Å². The van der Waals surface area contributed by atoms with Crippen LogP contribution in [-0.4, -0.2) is 11.0 Å². The van der Waals surface area contributed by atoms with Crippen molar-refractivity contribution in [3.8, 4) is 5.75 Å². The van der Waals surface area contributed by atoms with Crippen molar-refractivity contribution in [1.82, 2.24) is 0 Å². The summed E-state index contributed by atoms with van der Waals surface area (Å²) in [7, 11) is 0. The molecule has 104 valence electrons. The van der Waals surface area contributed by atoms with Crippen LogP contribution in [0.5, 0.6) is 5.75 Å². The molecular formula is C13H7Cl4NO2. The molecule has 0 atom stereocenters. The molecule has 1 amide bonds. The molecule has 0 aliphatic rings. The molecule has 0 aromatic heterocycles. The van der Waals surface area contributed by atoms with Gasteiger partial charge in [0.25, 0.3) is 5.91 Å². The minimum atomic E-state index is -0.501. The number of nitrogens with one attached hydrogen (secondary N) is 1. The number of halogens is 4. The molecule has 0 bridgehead atoms. The van der Waals surface area contributed by atoms with Crippen molar-refractivity contribution in [3.63, 3.8) is 0 Å². The molecule has 0 saturated heterocycles. The number of anilines is 1. The lowest BCUT2D eigenvalue weighted by Crippen LogP contribution is -2.13. The Morgan fingerprint density at radius 1 is 0.950 bits per heavy atom. The zero-order valence-electron chi connectivity index (χ0n) is 9.75. The minimum Gasteiger partial charge on any atom is -0.505 e. The molecule has 2 aromatic rings. The fourth-order valence-corrected chi connectivity index (χ4v) is 2.60. The number of hydrogen-bond acceptors (Lipinski definition) is 2. The van der Waals surface area contributed by atoms with Gasteiger partial charge in [0.15, 0.2) is 5.75 Å². The van der Waals surface area contributed by atoms with Crippen LogP contribution in [0.4, 0.5) is 5.69 Å². The highest BCUT2D eigenvalue weighted by atomic mass is 35.5. The maximum absolute atomic E-state index is 12.1. The molecule has 2 aromatic carbocycles. The van der Waals surface area contributed by atoms with E-state index in [9.17, 15) is 9.90 Å². The van der Waals surface area contributed by atoms with E-state index in [1.54, 1.807) is 18.2 Å². The second-order valence-corrected chi connectivity index (χ2v) is 5.47. The van der Waals surface area contributed by atoms with Gasteiger partial charge < -0.3 is 10.4 Å². The van der Waals surface area contributed by atoms with Crippen LogP contribution in [0.1, 0.15) is 10.4 Å². The smallest absolute Gasteiger partial charge is 0.258 e. The first kappa shape index (κ1) is 15.3. The number of aromatic hydroxyl groups is 1. The minimum absolute atomic E-state index is 0.0260. The third-order valence-electron chi connectivity index (χ3n) is 2.46. The Hall–Kier alpha value is -1.13. The molecule has 0 radical (unpaired) electrons. The number of amides is 1. The fourth-order valence-electron chi connectivity index (χ4n) is 1.55. The van der Waals surface area contributed by atoms with Crippen LogP contribution in [0.3, 0.4) is 0 Å². The Bertz CT molecular complexity index is 645. The SMILES string of the molecule is O=C(Nc1cc(Cl)c(O)c(Cl)c1)c1c(Cl)cccc1Cl. The highest BCUT2D eigenvalue weighted by molar-refractivity contribution is 6.40. The van der Waals surface area contributed by atoms with E-state index in [1.807, 2.05) is 0 Å². The monoisotopic (exact) mass is 349 g/mol. The van der Waals surface area contributed by atoms with Crippen LogP contribution in [0.25, 0.3) is 0 Å². The van der Waals surface area contributed by atoms with E-state index in [0.29, 0.717) is 5.69 Å². The number of benzene rings is 2. The van der Waals surface area contributed by atoms with Crippen LogP contribution >= 0.6 is 46.4 Å². The predicted octanol–water partition coefficient (Wildman–Crippen LogP) is 5.26. The predicted molar refractivity (Wildman–Crippen MR) is 82.5 cm³/mol. The van der Waals surface area contributed by atoms with Gasteiger partial charge in [-0.15, -0.1) is 0 Å². The second kappa shape index (κ2) is 6.10. The Morgan fingerprint density at radius 2 is 1.45 bits per heavy atom. The summed E-state index contributed by atoms with van der Waals surface area (Å²) in [6.45, 7) is 0. The normalized spacial score (nSPS) is 10.4. The number of phenolic OH excluding ortho intramolecular Hbond substituents is 1. The summed E-state index contributed by atoms with van der Waals surface area (Å²) in [5, 5.41) is 12.5. The standard InChI is InChI=1S/C13H7Cl4NO2/c14-7-2-1-3-8(15)11(7)13(20)18-6-4-9(16)12(19)10(17)5-6/h1-5,19H,(H,18,20). The van der Waals surface area contributed by atoms with Crippen molar-refractivity contribution in [2.75, 3.05) is 5.32 Å². The maximum atomic E-state index is 12.1. The zero-order chi connectivity index (χ0) is 14.9. The van der Waals surface area contributed by atoms with E-state index < -0.39 is 5.91 Å². The van der Waals surface area contributed by atoms with Gasteiger partial charge in [-0.2, -0.15) is 0 Å². The van der Waals surface area contributed by atoms with Crippen LogP contribution in [0.15, 0.2) is 30.3 Å². The van der Waals surface area contributed by atoms with Crippen LogP contribution in [0, 0.1) is 0 Å². The van der Waals surface area contributed by atoms with Crippen LogP contribution in [-0.2, 0) is 0 Å². The van der Waals surface area contributed by atoms with Gasteiger partial charge in [0, 0.05) is 5.69 Å².